The largest absolute Gasteiger partial charge is 0.497 e. The number of carbonyl (C=O) groups is 1. The smallest absolute Gasteiger partial charge is 0.230 e. The van der Waals surface area contributed by atoms with E-state index in [2.05, 4.69) is 20.6 Å². The predicted molar refractivity (Wildman–Crippen MR) is 107 cm³/mol. The van der Waals surface area contributed by atoms with Crippen LogP contribution in [0, 0.1) is 0 Å². The number of benzene rings is 1. The first-order chi connectivity index (χ1) is 13.1. The molecule has 9 heteroatoms. The van der Waals surface area contributed by atoms with E-state index >= 15 is 0 Å². The molecule has 2 N–H and O–H groups in total. The fraction of sp³-hybridized carbons (Fsp3) is 0.167. The van der Waals surface area contributed by atoms with Gasteiger partial charge in [-0.05, 0) is 24.3 Å². The second-order valence-electron chi connectivity index (χ2n) is 5.42. The molecule has 0 unspecified atom stereocenters. The summed E-state index contributed by atoms with van der Waals surface area (Å²) in [5, 5.41) is 8.93. The summed E-state index contributed by atoms with van der Waals surface area (Å²) in [4.78, 5) is 20.9. The van der Waals surface area contributed by atoms with Gasteiger partial charge in [0, 0.05) is 17.6 Å². The number of nitrogens with zero attached hydrogens (tertiary/aromatic N) is 2. The van der Waals surface area contributed by atoms with Crippen molar-refractivity contribution in [3.05, 3.63) is 52.6 Å². The van der Waals surface area contributed by atoms with E-state index in [-0.39, 0.29) is 12.3 Å². The van der Waals surface area contributed by atoms with Gasteiger partial charge >= 0.3 is 0 Å². The number of hydrogen-bond donors (Lipinski definition) is 2. The number of halogens is 1. The average Bonchev–Trinajstić information content (AvgIpc) is 3.10. The lowest BCUT2D eigenvalue weighted by molar-refractivity contribution is -0.115. The van der Waals surface area contributed by atoms with E-state index in [0.29, 0.717) is 38.9 Å². The van der Waals surface area contributed by atoms with E-state index in [0.717, 1.165) is 0 Å². The first-order valence-corrected chi connectivity index (χ1v) is 9.18. The van der Waals surface area contributed by atoms with E-state index in [1.807, 2.05) is 5.38 Å². The molecule has 0 spiro atoms. The minimum absolute atomic E-state index is 0.140. The Morgan fingerprint density at radius 2 is 2.07 bits per heavy atom. The first-order valence-electron chi connectivity index (χ1n) is 7.92. The van der Waals surface area contributed by atoms with Crippen LogP contribution < -0.4 is 20.1 Å². The molecule has 0 saturated heterocycles. The molecule has 1 aromatic carbocycles. The fourth-order valence-corrected chi connectivity index (χ4v) is 3.09. The molecule has 0 aliphatic heterocycles. The average molecular weight is 405 g/mol. The molecule has 0 atom stereocenters. The standard InChI is InChI=1S/C18H17ClN4O3S/c1-25-13-4-5-14(15(8-13)26-2)22-17(24)7-12-10-27-18(21-12)23-16-6-3-11(19)9-20-16/h3-6,8-10H,7H2,1-2H3,(H,22,24)(H,20,21,23). The number of anilines is 3. The van der Waals surface area contributed by atoms with Crippen LogP contribution in [0.2, 0.25) is 5.02 Å². The summed E-state index contributed by atoms with van der Waals surface area (Å²) in [5.74, 6) is 1.61. The number of hydrogen-bond acceptors (Lipinski definition) is 7. The summed E-state index contributed by atoms with van der Waals surface area (Å²) in [7, 11) is 3.11. The lowest BCUT2D eigenvalue weighted by Crippen LogP contribution is -2.15. The maximum Gasteiger partial charge on any atom is 0.230 e. The van der Waals surface area contributed by atoms with Crippen LogP contribution in [0.15, 0.2) is 41.9 Å². The molecule has 2 heterocycles. The summed E-state index contributed by atoms with van der Waals surface area (Å²) in [6, 6.07) is 8.69. The van der Waals surface area contributed by atoms with Crippen molar-refractivity contribution in [1.29, 1.82) is 0 Å². The number of methoxy groups -OCH3 is 2. The van der Waals surface area contributed by atoms with Crippen molar-refractivity contribution in [2.24, 2.45) is 0 Å². The van der Waals surface area contributed by atoms with E-state index < -0.39 is 0 Å². The fourth-order valence-electron chi connectivity index (χ4n) is 2.27. The maximum atomic E-state index is 12.3. The van der Waals surface area contributed by atoms with Crippen LogP contribution in [-0.2, 0) is 11.2 Å². The normalized spacial score (nSPS) is 10.3. The number of aromatic nitrogens is 2. The molecule has 0 bridgehead atoms. The van der Waals surface area contributed by atoms with Crippen LogP contribution in [0.5, 0.6) is 11.5 Å². The molecule has 0 aliphatic carbocycles. The lowest BCUT2D eigenvalue weighted by atomic mass is 10.2. The topological polar surface area (TPSA) is 85.4 Å². The minimum atomic E-state index is -0.195. The van der Waals surface area contributed by atoms with Gasteiger partial charge < -0.3 is 20.1 Å². The van der Waals surface area contributed by atoms with Crippen LogP contribution in [0.3, 0.4) is 0 Å². The SMILES string of the molecule is COc1ccc(NC(=O)Cc2csc(Nc3ccc(Cl)cn3)n2)c(OC)c1. The van der Waals surface area contributed by atoms with Crippen molar-refractivity contribution < 1.29 is 14.3 Å². The third kappa shape index (κ3) is 5.08. The molecule has 7 nitrogen and oxygen atoms in total. The van der Waals surface area contributed by atoms with Crippen molar-refractivity contribution in [1.82, 2.24) is 9.97 Å². The van der Waals surface area contributed by atoms with E-state index in [1.54, 1.807) is 43.6 Å². The molecule has 3 aromatic rings. The Morgan fingerprint density at radius 3 is 2.78 bits per heavy atom. The molecular weight excluding hydrogens is 388 g/mol. The zero-order valence-electron chi connectivity index (χ0n) is 14.7. The molecule has 0 fully saturated rings. The van der Waals surface area contributed by atoms with Gasteiger partial charge in [0.25, 0.3) is 0 Å². The zero-order valence-corrected chi connectivity index (χ0v) is 16.2. The lowest BCUT2D eigenvalue weighted by Gasteiger charge is -2.11. The molecule has 0 saturated carbocycles. The second kappa shape index (κ2) is 8.70. The van der Waals surface area contributed by atoms with Crippen LogP contribution >= 0.6 is 22.9 Å². The first kappa shape index (κ1) is 18.9. The molecule has 3 rings (SSSR count). The van der Waals surface area contributed by atoms with Crippen LogP contribution in [0.25, 0.3) is 0 Å². The Labute approximate surface area is 165 Å². The molecule has 140 valence electrons. The van der Waals surface area contributed by atoms with Crippen molar-refractivity contribution in [3.63, 3.8) is 0 Å². The summed E-state index contributed by atoms with van der Waals surface area (Å²) < 4.78 is 10.4. The summed E-state index contributed by atoms with van der Waals surface area (Å²) >= 11 is 7.21. The Kier molecular flexibility index (Phi) is 6.10. The van der Waals surface area contributed by atoms with Gasteiger partial charge in [0.2, 0.25) is 5.91 Å². The highest BCUT2D eigenvalue weighted by Gasteiger charge is 2.12. The highest BCUT2D eigenvalue weighted by Crippen LogP contribution is 2.29. The molecule has 0 radical (unpaired) electrons. The number of pyridine rings is 1. The highest BCUT2D eigenvalue weighted by molar-refractivity contribution is 7.13. The predicted octanol–water partition coefficient (Wildman–Crippen LogP) is 4.13. The quantitative estimate of drug-likeness (QED) is 0.615. The maximum absolute atomic E-state index is 12.3. The molecule has 1 amide bonds. The third-order valence-electron chi connectivity index (χ3n) is 3.54. The molecule has 27 heavy (non-hydrogen) atoms. The Balaban J connectivity index is 1.61. The summed E-state index contributed by atoms with van der Waals surface area (Å²) in [6.07, 6.45) is 1.69. The molecule has 2 aromatic heterocycles. The number of nitrogens with one attached hydrogen (secondary N) is 2. The van der Waals surface area contributed by atoms with Gasteiger partial charge in [0.1, 0.15) is 17.3 Å². The van der Waals surface area contributed by atoms with Crippen molar-refractivity contribution in [3.8, 4) is 11.5 Å². The summed E-state index contributed by atoms with van der Waals surface area (Å²) in [5.41, 5.74) is 1.23. The second-order valence-corrected chi connectivity index (χ2v) is 6.72. The van der Waals surface area contributed by atoms with Gasteiger partial charge in [-0.1, -0.05) is 11.6 Å². The van der Waals surface area contributed by atoms with E-state index in [4.69, 9.17) is 21.1 Å². The zero-order chi connectivity index (χ0) is 19.2. The third-order valence-corrected chi connectivity index (χ3v) is 4.57. The van der Waals surface area contributed by atoms with Gasteiger partial charge in [0.15, 0.2) is 5.13 Å². The van der Waals surface area contributed by atoms with Crippen LogP contribution in [0.1, 0.15) is 5.69 Å². The van der Waals surface area contributed by atoms with Gasteiger partial charge in [-0.15, -0.1) is 11.3 Å². The number of amides is 1. The summed E-state index contributed by atoms with van der Waals surface area (Å²) in [6.45, 7) is 0. The van der Waals surface area contributed by atoms with Crippen LogP contribution in [0.4, 0.5) is 16.6 Å². The Hall–Kier alpha value is -2.84. The van der Waals surface area contributed by atoms with Gasteiger partial charge in [-0.3, -0.25) is 4.79 Å². The van der Waals surface area contributed by atoms with Gasteiger partial charge in [-0.25, -0.2) is 9.97 Å². The number of thiazole rings is 1. The van der Waals surface area contributed by atoms with Crippen molar-refractivity contribution in [2.75, 3.05) is 24.9 Å². The highest BCUT2D eigenvalue weighted by atomic mass is 35.5. The molecule has 0 aliphatic rings. The van der Waals surface area contributed by atoms with Crippen molar-refractivity contribution in [2.45, 2.75) is 6.42 Å². The number of carbonyl (C=O) groups excluding carboxylic acids is 1. The monoisotopic (exact) mass is 404 g/mol. The van der Waals surface area contributed by atoms with E-state index in [9.17, 15) is 4.79 Å². The minimum Gasteiger partial charge on any atom is -0.497 e. The molecular formula is C18H17ClN4O3S. The van der Waals surface area contributed by atoms with Crippen molar-refractivity contribution >= 4 is 45.5 Å². The number of ether oxygens (including phenoxy) is 2. The van der Waals surface area contributed by atoms with Crippen LogP contribution in [-0.4, -0.2) is 30.1 Å². The number of rotatable bonds is 7. The van der Waals surface area contributed by atoms with E-state index in [1.165, 1.54) is 18.4 Å². The Morgan fingerprint density at radius 1 is 1.22 bits per heavy atom. The Bertz CT molecular complexity index is 931. The van der Waals surface area contributed by atoms with Gasteiger partial charge in [-0.2, -0.15) is 0 Å². The van der Waals surface area contributed by atoms with Gasteiger partial charge in [0.05, 0.1) is 37.0 Å².